The third kappa shape index (κ3) is 3.55. The summed E-state index contributed by atoms with van der Waals surface area (Å²) >= 11 is 0. The van der Waals surface area contributed by atoms with Crippen molar-refractivity contribution in [1.82, 2.24) is 19.7 Å². The summed E-state index contributed by atoms with van der Waals surface area (Å²) in [6.45, 7) is 7.77. The molecule has 168 valence electrons. The molecule has 0 saturated carbocycles. The Labute approximate surface area is 194 Å². The average Bonchev–Trinajstić information content (AvgIpc) is 3.57. The Bertz CT molecular complexity index is 1270. The SMILES string of the molecule is CCN1CC2CC1CN2c1nn(-c2ccnc(N[C@@H](C)c3ccccc3)c2)c2ccccc12. The van der Waals surface area contributed by atoms with Crippen LogP contribution in [0.2, 0.25) is 0 Å². The Morgan fingerprint density at radius 2 is 1.82 bits per heavy atom. The fourth-order valence-corrected chi connectivity index (χ4v) is 5.53. The molecule has 2 unspecified atom stereocenters. The number of aromatic nitrogens is 3. The number of piperazine rings is 1. The van der Waals surface area contributed by atoms with Gasteiger partial charge in [0.2, 0.25) is 0 Å². The molecule has 0 radical (unpaired) electrons. The van der Waals surface area contributed by atoms with Gasteiger partial charge in [-0.15, -0.1) is 5.10 Å². The number of fused-ring (bicyclic) bond motifs is 3. The lowest BCUT2D eigenvalue weighted by atomic mass is 10.1. The maximum Gasteiger partial charge on any atom is 0.159 e. The Morgan fingerprint density at radius 3 is 2.61 bits per heavy atom. The van der Waals surface area contributed by atoms with Crippen LogP contribution >= 0.6 is 0 Å². The van der Waals surface area contributed by atoms with Crippen molar-refractivity contribution in [2.24, 2.45) is 0 Å². The molecular formula is C27H30N6. The number of benzene rings is 2. The zero-order valence-electron chi connectivity index (χ0n) is 19.2. The Kier molecular flexibility index (Phi) is 5.03. The third-order valence-corrected chi connectivity index (χ3v) is 7.25. The molecule has 1 N–H and O–H groups in total. The summed E-state index contributed by atoms with van der Waals surface area (Å²) in [5.74, 6) is 1.96. The molecule has 2 aliphatic heterocycles. The largest absolute Gasteiger partial charge is 0.363 e. The minimum absolute atomic E-state index is 0.167. The lowest BCUT2D eigenvalue weighted by molar-refractivity contribution is 0.251. The van der Waals surface area contributed by atoms with Crippen molar-refractivity contribution in [1.29, 1.82) is 0 Å². The van der Waals surface area contributed by atoms with Gasteiger partial charge in [-0.25, -0.2) is 9.67 Å². The summed E-state index contributed by atoms with van der Waals surface area (Å²) in [5, 5.41) is 9.92. The highest BCUT2D eigenvalue weighted by Crippen LogP contribution is 2.38. The number of hydrogen-bond donors (Lipinski definition) is 1. The summed E-state index contributed by atoms with van der Waals surface area (Å²) < 4.78 is 2.08. The third-order valence-electron chi connectivity index (χ3n) is 7.25. The van der Waals surface area contributed by atoms with Crippen molar-refractivity contribution in [2.75, 3.05) is 29.9 Å². The summed E-state index contributed by atoms with van der Waals surface area (Å²) in [4.78, 5) is 9.72. The summed E-state index contributed by atoms with van der Waals surface area (Å²) in [6, 6.07) is 24.5. The van der Waals surface area contributed by atoms with Crippen molar-refractivity contribution in [3.8, 4) is 5.69 Å². The van der Waals surface area contributed by atoms with Gasteiger partial charge in [-0.3, -0.25) is 4.90 Å². The number of hydrogen-bond acceptors (Lipinski definition) is 5. The zero-order valence-corrected chi connectivity index (χ0v) is 19.2. The van der Waals surface area contributed by atoms with Crippen LogP contribution in [0.5, 0.6) is 0 Å². The van der Waals surface area contributed by atoms with Gasteiger partial charge in [0.15, 0.2) is 5.82 Å². The molecule has 6 heteroatoms. The highest BCUT2D eigenvalue weighted by Gasteiger charge is 2.43. The van der Waals surface area contributed by atoms with Gasteiger partial charge in [-0.05, 0) is 43.7 Å². The number of nitrogens with one attached hydrogen (secondary N) is 1. The second-order valence-corrected chi connectivity index (χ2v) is 9.21. The Morgan fingerprint density at radius 1 is 1.00 bits per heavy atom. The first-order valence-corrected chi connectivity index (χ1v) is 12.0. The summed E-state index contributed by atoms with van der Waals surface area (Å²) in [7, 11) is 0. The molecule has 2 aromatic carbocycles. The number of likely N-dealkylation sites (tertiary alicyclic amines) is 1. The summed E-state index contributed by atoms with van der Waals surface area (Å²) in [6.07, 6.45) is 3.11. The van der Waals surface area contributed by atoms with Gasteiger partial charge in [0.25, 0.3) is 0 Å². The molecule has 6 rings (SSSR count). The molecule has 0 aliphatic carbocycles. The second kappa shape index (κ2) is 8.19. The highest BCUT2D eigenvalue weighted by atomic mass is 15.4. The van der Waals surface area contributed by atoms with Crippen LogP contribution in [0.3, 0.4) is 0 Å². The molecule has 2 aromatic heterocycles. The number of likely N-dealkylation sites (N-methyl/N-ethyl adjacent to an activating group) is 1. The first-order valence-electron chi connectivity index (χ1n) is 12.0. The molecule has 6 nitrogen and oxygen atoms in total. The van der Waals surface area contributed by atoms with Crippen LogP contribution in [0.25, 0.3) is 16.6 Å². The molecule has 2 bridgehead atoms. The van der Waals surface area contributed by atoms with Crippen molar-refractivity contribution in [3.05, 3.63) is 78.5 Å². The van der Waals surface area contributed by atoms with Gasteiger partial charge in [-0.2, -0.15) is 0 Å². The first kappa shape index (κ1) is 20.2. The van der Waals surface area contributed by atoms with Crippen LogP contribution in [-0.4, -0.2) is 51.4 Å². The van der Waals surface area contributed by atoms with Gasteiger partial charge in [0.05, 0.1) is 11.2 Å². The van der Waals surface area contributed by atoms with Crippen LogP contribution in [-0.2, 0) is 0 Å². The highest BCUT2D eigenvalue weighted by molar-refractivity contribution is 5.92. The van der Waals surface area contributed by atoms with E-state index >= 15 is 0 Å². The van der Waals surface area contributed by atoms with Crippen LogP contribution in [0.4, 0.5) is 11.6 Å². The maximum atomic E-state index is 5.16. The van der Waals surface area contributed by atoms with Crippen molar-refractivity contribution >= 4 is 22.5 Å². The van der Waals surface area contributed by atoms with Crippen molar-refractivity contribution in [3.63, 3.8) is 0 Å². The molecule has 4 aromatic rings. The van der Waals surface area contributed by atoms with Crippen LogP contribution in [0, 0.1) is 0 Å². The van der Waals surface area contributed by atoms with E-state index in [4.69, 9.17) is 5.10 Å². The van der Waals surface area contributed by atoms with Gasteiger partial charge in [0, 0.05) is 48.9 Å². The quantitative estimate of drug-likeness (QED) is 0.465. The van der Waals surface area contributed by atoms with E-state index in [9.17, 15) is 0 Å². The minimum atomic E-state index is 0.167. The topological polar surface area (TPSA) is 49.2 Å². The standard InChI is InChI=1S/C27H30N6/c1-3-31-17-23-15-22(31)18-32(23)27-24-11-7-8-12-25(24)33(30-27)21-13-14-28-26(16-21)29-19(2)20-9-5-4-6-10-20/h4-14,16,19,22-23H,3,15,17-18H2,1-2H3,(H,28,29)/t19-,22?,23?/m0/s1. The predicted molar refractivity (Wildman–Crippen MR) is 134 cm³/mol. The predicted octanol–water partition coefficient (Wildman–Crippen LogP) is 4.88. The molecule has 4 heterocycles. The zero-order chi connectivity index (χ0) is 22.4. The second-order valence-electron chi connectivity index (χ2n) is 9.21. The van der Waals surface area contributed by atoms with E-state index in [1.807, 2.05) is 18.3 Å². The molecule has 0 amide bonds. The molecule has 2 saturated heterocycles. The average molecular weight is 439 g/mol. The molecular weight excluding hydrogens is 408 g/mol. The number of nitrogens with zero attached hydrogens (tertiary/aromatic N) is 5. The monoisotopic (exact) mass is 438 g/mol. The Balaban J connectivity index is 1.33. The lowest BCUT2D eigenvalue weighted by Crippen LogP contribution is -2.46. The Hall–Kier alpha value is -3.38. The fourth-order valence-electron chi connectivity index (χ4n) is 5.53. The van der Waals surface area contributed by atoms with Crippen LogP contribution in [0.15, 0.2) is 72.9 Å². The van der Waals surface area contributed by atoms with E-state index in [0.717, 1.165) is 42.5 Å². The molecule has 33 heavy (non-hydrogen) atoms. The first-order chi connectivity index (χ1) is 16.2. The van der Waals surface area contributed by atoms with E-state index in [0.29, 0.717) is 12.1 Å². The maximum absolute atomic E-state index is 5.16. The van der Waals surface area contributed by atoms with Crippen molar-refractivity contribution in [2.45, 2.75) is 38.4 Å². The normalized spacial score (nSPS) is 21.1. The molecule has 3 atom stereocenters. The van der Waals surface area contributed by atoms with E-state index in [1.54, 1.807) is 0 Å². The lowest BCUT2D eigenvalue weighted by Gasteiger charge is -2.33. The molecule has 2 fully saturated rings. The minimum Gasteiger partial charge on any atom is -0.363 e. The van der Waals surface area contributed by atoms with Gasteiger partial charge in [-0.1, -0.05) is 49.4 Å². The fraction of sp³-hybridized carbons (Fsp3) is 0.333. The number of para-hydroxylation sites is 1. The molecule has 0 spiro atoms. The number of pyridine rings is 1. The van der Waals surface area contributed by atoms with Crippen molar-refractivity contribution < 1.29 is 0 Å². The number of rotatable bonds is 6. The van der Waals surface area contributed by atoms with E-state index in [-0.39, 0.29) is 6.04 Å². The van der Waals surface area contributed by atoms with Crippen LogP contribution < -0.4 is 10.2 Å². The summed E-state index contributed by atoms with van der Waals surface area (Å²) in [5.41, 5.74) is 3.40. The molecule has 2 aliphatic rings. The van der Waals surface area contributed by atoms with Gasteiger partial charge in [0.1, 0.15) is 5.82 Å². The van der Waals surface area contributed by atoms with E-state index in [2.05, 4.69) is 93.2 Å². The number of anilines is 2. The van der Waals surface area contributed by atoms with E-state index in [1.165, 1.54) is 17.4 Å². The smallest absolute Gasteiger partial charge is 0.159 e. The van der Waals surface area contributed by atoms with Gasteiger partial charge >= 0.3 is 0 Å². The van der Waals surface area contributed by atoms with Gasteiger partial charge < -0.3 is 10.2 Å². The van der Waals surface area contributed by atoms with Crippen LogP contribution in [0.1, 0.15) is 31.9 Å². The van der Waals surface area contributed by atoms with E-state index < -0.39 is 0 Å².